The Kier molecular flexibility index (Phi) is 12.3. The Morgan fingerprint density at radius 2 is 1.97 bits per heavy atom. The van der Waals surface area contributed by atoms with Gasteiger partial charge in [-0.2, -0.15) is 0 Å². The molecular weight excluding hydrogens is 410 g/mol. The summed E-state index contributed by atoms with van der Waals surface area (Å²) in [5, 5.41) is 2.95. The Balaban J connectivity index is 2.01. The first-order valence-corrected chi connectivity index (χ1v) is 12.3. The van der Waals surface area contributed by atoms with Crippen LogP contribution in [0.3, 0.4) is 0 Å². The van der Waals surface area contributed by atoms with Gasteiger partial charge in [0, 0.05) is 39.0 Å². The second-order valence-electron chi connectivity index (χ2n) is 8.85. The van der Waals surface area contributed by atoms with Gasteiger partial charge in [0.1, 0.15) is 6.04 Å². The lowest BCUT2D eigenvalue weighted by Gasteiger charge is -2.27. The molecule has 0 radical (unpaired) electrons. The Hall–Kier alpha value is -1.93. The number of carbonyl (C=O) groups is 3. The fourth-order valence-corrected chi connectivity index (χ4v) is 4.02. The Morgan fingerprint density at radius 1 is 1.19 bits per heavy atom. The second-order valence-corrected chi connectivity index (χ2v) is 8.85. The SMILES string of the molecule is CCCCC1NC(=O)C(CC(=O)NO[C@H]2CCCCO2)CCCC=CCCCN(C)C1=O. The van der Waals surface area contributed by atoms with Crippen molar-refractivity contribution in [3.05, 3.63) is 12.2 Å². The predicted molar refractivity (Wildman–Crippen MR) is 122 cm³/mol. The minimum absolute atomic E-state index is 0.0206. The van der Waals surface area contributed by atoms with Crippen LogP contribution >= 0.6 is 0 Å². The zero-order chi connectivity index (χ0) is 23.2. The molecule has 0 aromatic rings. The quantitative estimate of drug-likeness (QED) is 0.458. The lowest BCUT2D eigenvalue weighted by molar-refractivity contribution is -0.200. The normalized spacial score (nSPS) is 26.3. The van der Waals surface area contributed by atoms with E-state index in [4.69, 9.17) is 9.57 Å². The molecule has 32 heavy (non-hydrogen) atoms. The molecule has 8 nitrogen and oxygen atoms in total. The van der Waals surface area contributed by atoms with E-state index in [2.05, 4.69) is 29.9 Å². The van der Waals surface area contributed by atoms with Gasteiger partial charge in [-0.05, 0) is 51.4 Å². The van der Waals surface area contributed by atoms with Gasteiger partial charge in [-0.25, -0.2) is 10.3 Å². The van der Waals surface area contributed by atoms with Crippen LogP contribution in [0.25, 0.3) is 0 Å². The van der Waals surface area contributed by atoms with Gasteiger partial charge < -0.3 is 15.0 Å². The van der Waals surface area contributed by atoms with E-state index in [0.29, 0.717) is 26.0 Å². The van der Waals surface area contributed by atoms with Crippen molar-refractivity contribution in [1.29, 1.82) is 0 Å². The maximum absolute atomic E-state index is 13.1. The zero-order valence-electron chi connectivity index (χ0n) is 19.8. The maximum atomic E-state index is 13.1. The molecule has 182 valence electrons. The van der Waals surface area contributed by atoms with E-state index in [1.165, 1.54) is 0 Å². The molecule has 0 aliphatic carbocycles. The second kappa shape index (κ2) is 15.0. The highest BCUT2D eigenvalue weighted by molar-refractivity contribution is 5.90. The number of amides is 3. The first-order chi connectivity index (χ1) is 15.5. The van der Waals surface area contributed by atoms with Crippen LogP contribution in [0.4, 0.5) is 0 Å². The van der Waals surface area contributed by atoms with Gasteiger partial charge in [0.15, 0.2) is 6.29 Å². The molecule has 2 aliphatic heterocycles. The molecule has 2 heterocycles. The van der Waals surface area contributed by atoms with Crippen LogP contribution < -0.4 is 10.8 Å². The number of carbonyl (C=O) groups excluding carboxylic acids is 3. The molecule has 1 fully saturated rings. The van der Waals surface area contributed by atoms with Crippen LogP contribution in [0.1, 0.15) is 84.0 Å². The summed E-state index contributed by atoms with van der Waals surface area (Å²) in [4.78, 5) is 45.6. The molecule has 0 saturated carbocycles. The zero-order valence-corrected chi connectivity index (χ0v) is 19.8. The largest absolute Gasteiger partial charge is 0.350 e. The fourth-order valence-electron chi connectivity index (χ4n) is 4.02. The Labute approximate surface area is 192 Å². The average Bonchev–Trinajstić information content (AvgIpc) is 2.80. The number of hydrogen-bond acceptors (Lipinski definition) is 5. The fraction of sp³-hybridized carbons (Fsp3) is 0.792. The van der Waals surface area contributed by atoms with E-state index >= 15 is 0 Å². The minimum atomic E-state index is -0.552. The van der Waals surface area contributed by atoms with E-state index < -0.39 is 18.2 Å². The van der Waals surface area contributed by atoms with Crippen molar-refractivity contribution in [3.8, 4) is 0 Å². The molecule has 1 saturated heterocycles. The molecular formula is C24H41N3O5. The highest BCUT2D eigenvalue weighted by Crippen LogP contribution is 2.17. The molecule has 0 spiro atoms. The summed E-state index contributed by atoms with van der Waals surface area (Å²) in [6, 6.07) is -0.552. The van der Waals surface area contributed by atoms with Crippen LogP contribution in [0.2, 0.25) is 0 Å². The number of unbranched alkanes of at least 4 members (excludes halogenated alkanes) is 1. The number of allylic oxidation sites excluding steroid dienone is 2. The number of hydroxylamine groups is 1. The maximum Gasteiger partial charge on any atom is 0.244 e. The molecule has 2 aliphatic rings. The van der Waals surface area contributed by atoms with Gasteiger partial charge >= 0.3 is 0 Å². The van der Waals surface area contributed by atoms with E-state index in [-0.39, 0.29) is 24.1 Å². The van der Waals surface area contributed by atoms with Crippen molar-refractivity contribution in [3.63, 3.8) is 0 Å². The number of nitrogens with one attached hydrogen (secondary N) is 2. The van der Waals surface area contributed by atoms with Gasteiger partial charge in [0.25, 0.3) is 0 Å². The van der Waals surface area contributed by atoms with Crippen molar-refractivity contribution in [1.82, 2.24) is 15.7 Å². The van der Waals surface area contributed by atoms with Crippen molar-refractivity contribution < 1.29 is 24.0 Å². The standard InChI is InChI=1S/C24H41N3O5/c1-3-4-14-20-24(30)27(2)16-11-8-6-5-7-9-13-19(23(29)25-20)18-21(28)26-32-22-15-10-12-17-31-22/h5-6,19-20,22H,3-4,7-18H2,1-2H3,(H,25,29)(H,26,28)/t19?,20?,22-/m0/s1. The summed E-state index contributed by atoms with van der Waals surface area (Å²) in [7, 11) is 1.79. The van der Waals surface area contributed by atoms with Gasteiger partial charge in [0.2, 0.25) is 17.7 Å². The van der Waals surface area contributed by atoms with E-state index in [0.717, 1.165) is 57.8 Å². The summed E-state index contributed by atoms with van der Waals surface area (Å²) < 4.78 is 5.46. The first kappa shape index (κ1) is 26.3. The van der Waals surface area contributed by atoms with Gasteiger partial charge in [-0.1, -0.05) is 31.9 Å². The third kappa shape index (κ3) is 9.69. The molecule has 3 amide bonds. The third-order valence-corrected chi connectivity index (χ3v) is 6.04. The molecule has 0 aromatic carbocycles. The highest BCUT2D eigenvalue weighted by Gasteiger charge is 2.28. The van der Waals surface area contributed by atoms with E-state index in [1.54, 1.807) is 11.9 Å². The molecule has 0 aromatic heterocycles. The van der Waals surface area contributed by atoms with Crippen molar-refractivity contribution in [2.24, 2.45) is 5.92 Å². The monoisotopic (exact) mass is 451 g/mol. The molecule has 8 heteroatoms. The Morgan fingerprint density at radius 3 is 2.69 bits per heavy atom. The average molecular weight is 452 g/mol. The summed E-state index contributed by atoms with van der Waals surface area (Å²) in [5.41, 5.74) is 2.45. The van der Waals surface area contributed by atoms with Crippen LogP contribution in [-0.2, 0) is 24.0 Å². The van der Waals surface area contributed by atoms with Gasteiger partial charge in [-0.15, -0.1) is 0 Å². The number of nitrogens with zero attached hydrogens (tertiary/aromatic N) is 1. The topological polar surface area (TPSA) is 97.0 Å². The number of hydrogen-bond donors (Lipinski definition) is 2. The predicted octanol–water partition coefficient (Wildman–Crippen LogP) is 3.22. The minimum Gasteiger partial charge on any atom is -0.350 e. The Bertz CT molecular complexity index is 619. The number of likely N-dealkylation sites (N-methyl/N-ethyl adjacent to an activating group) is 1. The summed E-state index contributed by atoms with van der Waals surface area (Å²) >= 11 is 0. The molecule has 2 unspecified atom stereocenters. The molecule has 2 rings (SSSR count). The molecule has 3 atom stereocenters. The first-order valence-electron chi connectivity index (χ1n) is 12.3. The summed E-state index contributed by atoms with van der Waals surface area (Å²) in [6.45, 7) is 3.35. The lowest BCUT2D eigenvalue weighted by atomic mass is 9.95. The molecule has 2 N–H and O–H groups in total. The number of rotatable bonds is 7. The lowest BCUT2D eigenvalue weighted by Crippen LogP contribution is -2.49. The number of ether oxygens (including phenoxy) is 1. The smallest absolute Gasteiger partial charge is 0.244 e. The van der Waals surface area contributed by atoms with Crippen LogP contribution in [0.15, 0.2) is 12.2 Å². The van der Waals surface area contributed by atoms with Gasteiger partial charge in [-0.3, -0.25) is 14.4 Å². The summed E-state index contributed by atoms with van der Waals surface area (Å²) in [6.07, 6.45) is 13.1. The van der Waals surface area contributed by atoms with Crippen molar-refractivity contribution >= 4 is 17.7 Å². The van der Waals surface area contributed by atoms with Crippen LogP contribution in [0.5, 0.6) is 0 Å². The van der Waals surface area contributed by atoms with Gasteiger partial charge in [0.05, 0.1) is 0 Å². The third-order valence-electron chi connectivity index (χ3n) is 6.04. The molecule has 0 bridgehead atoms. The van der Waals surface area contributed by atoms with E-state index in [9.17, 15) is 14.4 Å². The van der Waals surface area contributed by atoms with Crippen LogP contribution in [0, 0.1) is 5.92 Å². The van der Waals surface area contributed by atoms with Crippen molar-refractivity contribution in [2.75, 3.05) is 20.2 Å². The van der Waals surface area contributed by atoms with E-state index in [1.807, 2.05) is 0 Å². The van der Waals surface area contributed by atoms with Crippen LogP contribution in [-0.4, -0.2) is 55.2 Å². The highest BCUT2D eigenvalue weighted by atomic mass is 16.8. The van der Waals surface area contributed by atoms with Crippen molar-refractivity contribution in [2.45, 2.75) is 96.3 Å². The summed E-state index contributed by atoms with van der Waals surface area (Å²) in [5.74, 6) is -1.15.